The van der Waals surface area contributed by atoms with Crippen LogP contribution in [0.4, 0.5) is 6.01 Å². The standard InChI is InChI=1S/C16H12BrN5O2/c17-8-6-10-13-12(7-8)23-5-1-4-22(13)15(20-10)9-2-3-11-14(19-9)21-16(18)24-11/h2-3,6-7H,1,4-5H2,(H2,18,19,21). The van der Waals surface area contributed by atoms with Crippen molar-refractivity contribution in [3.63, 3.8) is 0 Å². The van der Waals surface area contributed by atoms with Gasteiger partial charge in [-0.1, -0.05) is 15.9 Å². The Balaban J connectivity index is 1.79. The summed E-state index contributed by atoms with van der Waals surface area (Å²) in [4.78, 5) is 13.4. The number of anilines is 1. The van der Waals surface area contributed by atoms with E-state index in [-0.39, 0.29) is 6.01 Å². The van der Waals surface area contributed by atoms with Gasteiger partial charge in [0.2, 0.25) is 5.65 Å². The van der Waals surface area contributed by atoms with Gasteiger partial charge in [0.05, 0.1) is 12.1 Å². The number of nitrogens with two attached hydrogens (primary N) is 1. The molecule has 1 aliphatic heterocycles. The predicted octanol–water partition coefficient (Wildman–Crippen LogP) is 3.37. The summed E-state index contributed by atoms with van der Waals surface area (Å²) >= 11 is 3.52. The molecule has 0 fully saturated rings. The van der Waals surface area contributed by atoms with E-state index in [9.17, 15) is 0 Å². The fourth-order valence-corrected chi connectivity index (χ4v) is 3.51. The predicted molar refractivity (Wildman–Crippen MR) is 92.8 cm³/mol. The van der Waals surface area contributed by atoms with Crippen molar-refractivity contribution in [2.75, 3.05) is 12.3 Å². The first-order chi connectivity index (χ1) is 11.7. The van der Waals surface area contributed by atoms with E-state index < -0.39 is 0 Å². The first kappa shape index (κ1) is 13.8. The van der Waals surface area contributed by atoms with Crippen molar-refractivity contribution in [3.05, 3.63) is 28.7 Å². The van der Waals surface area contributed by atoms with Crippen molar-refractivity contribution in [2.24, 2.45) is 0 Å². The number of hydrogen-bond acceptors (Lipinski definition) is 6. The van der Waals surface area contributed by atoms with E-state index in [1.165, 1.54) is 0 Å². The first-order valence-corrected chi connectivity index (χ1v) is 8.34. The van der Waals surface area contributed by atoms with E-state index in [4.69, 9.17) is 19.9 Å². The van der Waals surface area contributed by atoms with Gasteiger partial charge in [-0.3, -0.25) is 0 Å². The molecule has 0 radical (unpaired) electrons. The molecule has 8 heteroatoms. The van der Waals surface area contributed by atoms with E-state index in [1.54, 1.807) is 0 Å². The number of nitrogens with zero attached hydrogens (tertiary/aromatic N) is 4. The summed E-state index contributed by atoms with van der Waals surface area (Å²) in [7, 11) is 0. The maximum Gasteiger partial charge on any atom is 0.294 e. The molecule has 0 aliphatic carbocycles. The van der Waals surface area contributed by atoms with Crippen LogP contribution in [0.1, 0.15) is 6.42 Å². The van der Waals surface area contributed by atoms with Crippen LogP contribution in [0.5, 0.6) is 5.75 Å². The van der Waals surface area contributed by atoms with Crippen molar-refractivity contribution in [1.29, 1.82) is 0 Å². The van der Waals surface area contributed by atoms with Crippen LogP contribution < -0.4 is 10.5 Å². The Morgan fingerprint density at radius 3 is 3.00 bits per heavy atom. The van der Waals surface area contributed by atoms with Crippen LogP contribution >= 0.6 is 15.9 Å². The molecule has 2 N–H and O–H groups in total. The largest absolute Gasteiger partial charge is 0.491 e. The number of imidazole rings is 1. The average molecular weight is 386 g/mol. The zero-order chi connectivity index (χ0) is 16.3. The molecular weight excluding hydrogens is 374 g/mol. The molecule has 0 saturated heterocycles. The second-order valence-electron chi connectivity index (χ2n) is 5.63. The minimum atomic E-state index is 0.112. The fraction of sp³-hybridized carbons (Fsp3) is 0.188. The van der Waals surface area contributed by atoms with Gasteiger partial charge in [0.25, 0.3) is 6.01 Å². The number of nitrogen functional groups attached to an aromatic ring is 1. The summed E-state index contributed by atoms with van der Waals surface area (Å²) in [6.07, 6.45) is 0.907. The highest BCUT2D eigenvalue weighted by molar-refractivity contribution is 9.10. The highest BCUT2D eigenvalue weighted by atomic mass is 79.9. The number of aromatic nitrogens is 4. The fourth-order valence-electron chi connectivity index (χ4n) is 3.09. The molecule has 3 aromatic heterocycles. The third-order valence-electron chi connectivity index (χ3n) is 4.05. The van der Waals surface area contributed by atoms with Gasteiger partial charge in [-0.2, -0.15) is 4.98 Å². The molecule has 0 amide bonds. The van der Waals surface area contributed by atoms with Crippen molar-refractivity contribution in [3.8, 4) is 17.3 Å². The Labute approximate surface area is 144 Å². The van der Waals surface area contributed by atoms with E-state index in [0.717, 1.165) is 45.7 Å². The lowest BCUT2D eigenvalue weighted by molar-refractivity contribution is 0.315. The summed E-state index contributed by atoms with van der Waals surface area (Å²) in [5, 5.41) is 0. The maximum atomic E-state index is 5.87. The molecule has 0 unspecified atom stereocenters. The number of pyridine rings is 1. The molecule has 0 atom stereocenters. The lowest BCUT2D eigenvalue weighted by atomic mass is 10.3. The van der Waals surface area contributed by atoms with Gasteiger partial charge in [-0.25, -0.2) is 9.97 Å². The minimum absolute atomic E-state index is 0.112. The molecule has 4 aromatic rings. The number of rotatable bonds is 1. The van der Waals surface area contributed by atoms with Crippen LogP contribution in [0.3, 0.4) is 0 Å². The smallest absolute Gasteiger partial charge is 0.294 e. The third kappa shape index (κ3) is 1.99. The number of hydrogen-bond donors (Lipinski definition) is 1. The van der Waals surface area contributed by atoms with E-state index in [0.29, 0.717) is 17.8 Å². The average Bonchev–Trinajstić information content (AvgIpc) is 3.02. The number of oxazole rings is 1. The summed E-state index contributed by atoms with van der Waals surface area (Å²) in [5.74, 6) is 1.63. The minimum Gasteiger partial charge on any atom is -0.491 e. The van der Waals surface area contributed by atoms with Crippen LogP contribution in [0.25, 0.3) is 33.8 Å². The van der Waals surface area contributed by atoms with Crippen LogP contribution in [-0.4, -0.2) is 26.1 Å². The quantitative estimate of drug-likeness (QED) is 0.539. The topological polar surface area (TPSA) is 92.0 Å². The SMILES string of the molecule is Nc1nc2nc(-c3nc4cc(Br)cc5c4n3CCCO5)ccc2o1. The van der Waals surface area contributed by atoms with Crippen molar-refractivity contribution < 1.29 is 9.15 Å². The van der Waals surface area contributed by atoms with Gasteiger partial charge in [-0.05, 0) is 30.7 Å². The summed E-state index contributed by atoms with van der Waals surface area (Å²) in [5.41, 5.74) is 9.25. The molecule has 7 nitrogen and oxygen atoms in total. The van der Waals surface area contributed by atoms with E-state index in [2.05, 4.69) is 30.5 Å². The van der Waals surface area contributed by atoms with Gasteiger partial charge in [0.15, 0.2) is 11.4 Å². The first-order valence-electron chi connectivity index (χ1n) is 7.55. The van der Waals surface area contributed by atoms with Gasteiger partial charge in [0.1, 0.15) is 17.0 Å². The van der Waals surface area contributed by atoms with Crippen LogP contribution in [0.2, 0.25) is 0 Å². The molecule has 4 heterocycles. The van der Waals surface area contributed by atoms with Gasteiger partial charge >= 0.3 is 0 Å². The monoisotopic (exact) mass is 385 g/mol. The summed E-state index contributed by atoms with van der Waals surface area (Å²) in [6.45, 7) is 1.50. The highest BCUT2D eigenvalue weighted by Crippen LogP contribution is 2.35. The second-order valence-corrected chi connectivity index (χ2v) is 6.55. The molecule has 0 saturated carbocycles. The lowest BCUT2D eigenvalue weighted by Crippen LogP contribution is -2.02. The Morgan fingerprint density at radius 1 is 1.17 bits per heavy atom. The number of aryl methyl sites for hydroxylation is 1. The van der Waals surface area contributed by atoms with E-state index >= 15 is 0 Å². The highest BCUT2D eigenvalue weighted by Gasteiger charge is 2.21. The van der Waals surface area contributed by atoms with Crippen molar-refractivity contribution >= 4 is 44.2 Å². The molecular formula is C16H12BrN5O2. The zero-order valence-corrected chi connectivity index (χ0v) is 14.1. The summed E-state index contributed by atoms with van der Waals surface area (Å²) < 4.78 is 14.3. The molecule has 120 valence electrons. The molecule has 24 heavy (non-hydrogen) atoms. The van der Waals surface area contributed by atoms with Gasteiger partial charge < -0.3 is 19.5 Å². The molecule has 1 aliphatic rings. The van der Waals surface area contributed by atoms with Crippen molar-refractivity contribution in [2.45, 2.75) is 13.0 Å². The van der Waals surface area contributed by atoms with Gasteiger partial charge in [-0.15, -0.1) is 0 Å². The summed E-state index contributed by atoms with van der Waals surface area (Å²) in [6, 6.07) is 7.77. The van der Waals surface area contributed by atoms with Gasteiger partial charge in [0, 0.05) is 11.0 Å². The second kappa shape index (κ2) is 4.94. The van der Waals surface area contributed by atoms with E-state index in [1.807, 2.05) is 24.3 Å². The maximum absolute atomic E-state index is 5.87. The normalized spacial score (nSPS) is 14.0. The zero-order valence-electron chi connectivity index (χ0n) is 12.5. The van der Waals surface area contributed by atoms with Crippen LogP contribution in [0.15, 0.2) is 33.2 Å². The third-order valence-corrected chi connectivity index (χ3v) is 4.51. The Kier molecular flexibility index (Phi) is 2.84. The number of benzene rings is 1. The van der Waals surface area contributed by atoms with Crippen molar-refractivity contribution in [1.82, 2.24) is 19.5 Å². The Bertz CT molecular complexity index is 1100. The number of fused-ring (bicyclic) bond motifs is 1. The van der Waals surface area contributed by atoms with Crippen LogP contribution in [0, 0.1) is 0 Å². The molecule has 5 rings (SSSR count). The molecule has 0 bridgehead atoms. The number of halogens is 1. The Morgan fingerprint density at radius 2 is 2.08 bits per heavy atom. The number of ether oxygens (including phenoxy) is 1. The lowest BCUT2D eigenvalue weighted by Gasteiger charge is -2.06. The van der Waals surface area contributed by atoms with Crippen LogP contribution in [-0.2, 0) is 6.54 Å². The molecule has 0 spiro atoms. The molecule has 1 aromatic carbocycles. The Hall–Kier alpha value is -2.61.